The van der Waals surface area contributed by atoms with Gasteiger partial charge in [-0.1, -0.05) is 11.3 Å². The van der Waals surface area contributed by atoms with Gasteiger partial charge in [0.15, 0.2) is 11.0 Å². The van der Waals surface area contributed by atoms with Crippen LogP contribution >= 0.6 is 23.7 Å². The molecular formula is C22H23ClN8S. The van der Waals surface area contributed by atoms with Crippen LogP contribution < -0.4 is 10.2 Å². The molecule has 164 valence electrons. The lowest BCUT2D eigenvalue weighted by Gasteiger charge is -2.35. The van der Waals surface area contributed by atoms with Crippen LogP contribution in [0.1, 0.15) is 31.2 Å². The molecule has 32 heavy (non-hydrogen) atoms. The van der Waals surface area contributed by atoms with Crippen LogP contribution in [0, 0.1) is 11.3 Å². The van der Waals surface area contributed by atoms with Crippen LogP contribution in [0.4, 0.5) is 5.13 Å². The molecule has 2 aliphatic heterocycles. The minimum atomic E-state index is 0. The quantitative estimate of drug-likeness (QED) is 0.492. The van der Waals surface area contributed by atoms with E-state index in [1.165, 1.54) is 25.7 Å². The predicted octanol–water partition coefficient (Wildman–Crippen LogP) is 3.65. The third-order valence-corrected chi connectivity index (χ3v) is 7.59. The van der Waals surface area contributed by atoms with Gasteiger partial charge in [-0.2, -0.15) is 10.4 Å². The van der Waals surface area contributed by atoms with Crippen LogP contribution in [-0.2, 0) is 7.05 Å². The van der Waals surface area contributed by atoms with Crippen LogP contribution in [0.25, 0.3) is 32.6 Å². The molecule has 2 bridgehead atoms. The molecule has 2 unspecified atom stereocenters. The topological polar surface area (TPSA) is 95.5 Å². The monoisotopic (exact) mass is 466 g/mol. The van der Waals surface area contributed by atoms with Crippen molar-refractivity contribution in [3.05, 3.63) is 30.1 Å². The highest BCUT2D eigenvalue weighted by Gasteiger charge is 2.35. The van der Waals surface area contributed by atoms with Gasteiger partial charge in [-0.05, 0) is 37.8 Å². The summed E-state index contributed by atoms with van der Waals surface area (Å²) in [5.74, 6) is 0.604. The minimum Gasteiger partial charge on any atom is -0.348 e. The Labute approximate surface area is 195 Å². The first-order valence-electron chi connectivity index (χ1n) is 10.6. The second-order valence-electron chi connectivity index (χ2n) is 8.63. The molecule has 0 amide bonds. The number of piperidine rings is 1. The SMILES string of the molecule is CN(c1nc2cnc(-c3cc(C#N)c4nn(C)cc4c3)nc2s1)C1CC2CCC(C1)N2.Cl. The number of nitriles is 1. The fraction of sp³-hybridized carbons (Fsp3) is 0.409. The smallest absolute Gasteiger partial charge is 0.187 e. The Kier molecular flexibility index (Phi) is 5.24. The average molecular weight is 467 g/mol. The van der Waals surface area contributed by atoms with Gasteiger partial charge in [-0.15, -0.1) is 12.4 Å². The highest BCUT2D eigenvalue weighted by Crippen LogP contribution is 2.35. The zero-order valence-electron chi connectivity index (χ0n) is 17.8. The lowest BCUT2D eigenvalue weighted by molar-refractivity contribution is 0.354. The van der Waals surface area contributed by atoms with E-state index in [4.69, 9.17) is 9.97 Å². The van der Waals surface area contributed by atoms with E-state index < -0.39 is 0 Å². The summed E-state index contributed by atoms with van der Waals surface area (Å²) in [5, 5.41) is 19.6. The summed E-state index contributed by atoms with van der Waals surface area (Å²) in [5.41, 5.74) is 2.86. The van der Waals surface area contributed by atoms with E-state index in [0.29, 0.717) is 35.0 Å². The molecule has 2 atom stereocenters. The summed E-state index contributed by atoms with van der Waals surface area (Å²) < 4.78 is 1.72. The van der Waals surface area contributed by atoms with Crippen molar-refractivity contribution in [1.29, 1.82) is 5.26 Å². The normalized spacial score (nSPS) is 22.1. The highest BCUT2D eigenvalue weighted by molar-refractivity contribution is 7.21. The zero-order chi connectivity index (χ0) is 21.1. The number of thiazole rings is 1. The molecule has 3 aromatic heterocycles. The van der Waals surface area contributed by atoms with E-state index in [9.17, 15) is 5.26 Å². The van der Waals surface area contributed by atoms with Gasteiger partial charge >= 0.3 is 0 Å². The van der Waals surface area contributed by atoms with Gasteiger partial charge in [-0.25, -0.2) is 15.0 Å². The van der Waals surface area contributed by atoms with Crippen LogP contribution in [-0.4, -0.2) is 49.9 Å². The molecule has 0 aliphatic carbocycles. The number of nitrogens with one attached hydrogen (secondary N) is 1. The van der Waals surface area contributed by atoms with E-state index in [1.807, 2.05) is 25.4 Å². The summed E-state index contributed by atoms with van der Waals surface area (Å²) in [6.45, 7) is 0. The molecule has 5 heterocycles. The molecule has 1 N–H and O–H groups in total. The van der Waals surface area contributed by atoms with Gasteiger partial charge in [0.25, 0.3) is 0 Å². The van der Waals surface area contributed by atoms with E-state index in [2.05, 4.69) is 33.4 Å². The number of hydrogen-bond donors (Lipinski definition) is 1. The summed E-state index contributed by atoms with van der Waals surface area (Å²) in [6, 6.07) is 7.85. The van der Waals surface area contributed by atoms with Crippen molar-refractivity contribution in [3.63, 3.8) is 0 Å². The first-order valence-corrected chi connectivity index (χ1v) is 11.4. The second kappa shape index (κ2) is 7.96. The standard InChI is InChI=1S/C22H22N8S.ClH/c1-29-11-14-6-12(5-13(9-23)19(14)28-29)20-24-10-18-21(27-20)31-22(26-18)30(2)17-7-15-3-4-16(8-17)25-15;/h5-6,10-11,15-17,25H,3-4,7-8H2,1-2H3;1H. The fourth-order valence-corrected chi connectivity index (χ4v) is 5.93. The Morgan fingerprint density at radius 3 is 2.75 bits per heavy atom. The van der Waals surface area contributed by atoms with E-state index in [-0.39, 0.29) is 12.4 Å². The molecule has 2 saturated heterocycles. The summed E-state index contributed by atoms with van der Waals surface area (Å²) in [4.78, 5) is 17.4. The molecule has 6 rings (SSSR count). The van der Waals surface area contributed by atoms with Gasteiger partial charge in [-0.3, -0.25) is 4.68 Å². The fourth-order valence-electron chi connectivity index (χ4n) is 4.98. The molecule has 1 aromatic carbocycles. The van der Waals surface area contributed by atoms with Crippen LogP contribution in [0.5, 0.6) is 0 Å². The maximum absolute atomic E-state index is 9.56. The third kappa shape index (κ3) is 3.48. The number of fused-ring (bicyclic) bond motifs is 4. The van der Waals surface area contributed by atoms with Gasteiger partial charge in [0.2, 0.25) is 0 Å². The maximum atomic E-state index is 9.56. The molecular weight excluding hydrogens is 444 g/mol. The van der Waals surface area contributed by atoms with Crippen LogP contribution in [0.2, 0.25) is 0 Å². The highest BCUT2D eigenvalue weighted by atomic mass is 35.5. The number of benzene rings is 1. The van der Waals surface area contributed by atoms with Crippen molar-refractivity contribution in [2.45, 2.75) is 43.8 Å². The number of halogens is 1. The Hall–Kier alpha value is -2.80. The first-order chi connectivity index (χ1) is 15.1. The summed E-state index contributed by atoms with van der Waals surface area (Å²) in [7, 11) is 4.00. The Balaban J connectivity index is 0.00000216. The molecule has 0 saturated carbocycles. The average Bonchev–Trinajstić information content (AvgIpc) is 3.46. The Morgan fingerprint density at radius 1 is 1.22 bits per heavy atom. The summed E-state index contributed by atoms with van der Waals surface area (Å²) >= 11 is 1.61. The summed E-state index contributed by atoms with van der Waals surface area (Å²) in [6.07, 6.45) is 8.61. The number of rotatable bonds is 3. The molecule has 4 aromatic rings. The molecule has 0 radical (unpaired) electrons. The van der Waals surface area contributed by atoms with Crippen LogP contribution in [0.3, 0.4) is 0 Å². The second-order valence-corrected chi connectivity index (χ2v) is 9.59. The number of aryl methyl sites for hydroxylation is 1. The largest absolute Gasteiger partial charge is 0.348 e. The first kappa shape index (κ1) is 21.1. The van der Waals surface area contributed by atoms with Gasteiger partial charge in [0.05, 0.1) is 11.8 Å². The number of anilines is 1. The van der Waals surface area contributed by atoms with Crippen molar-refractivity contribution in [2.24, 2.45) is 7.05 Å². The molecule has 8 nitrogen and oxygen atoms in total. The van der Waals surface area contributed by atoms with Gasteiger partial charge in [0.1, 0.15) is 21.9 Å². The van der Waals surface area contributed by atoms with Crippen molar-refractivity contribution in [1.82, 2.24) is 30.0 Å². The van der Waals surface area contributed by atoms with Crippen molar-refractivity contribution in [3.8, 4) is 17.5 Å². The number of aromatic nitrogens is 5. The Bertz CT molecular complexity index is 1340. The van der Waals surface area contributed by atoms with Gasteiger partial charge in [0, 0.05) is 49.4 Å². The minimum absolute atomic E-state index is 0. The van der Waals surface area contributed by atoms with Crippen molar-refractivity contribution >= 4 is 50.1 Å². The number of hydrogen-bond acceptors (Lipinski definition) is 8. The lowest BCUT2D eigenvalue weighted by atomic mass is 9.99. The molecule has 2 aliphatic rings. The van der Waals surface area contributed by atoms with Crippen LogP contribution in [0.15, 0.2) is 24.5 Å². The zero-order valence-corrected chi connectivity index (χ0v) is 19.4. The maximum Gasteiger partial charge on any atom is 0.187 e. The van der Waals surface area contributed by atoms with E-state index in [1.54, 1.807) is 22.2 Å². The predicted molar refractivity (Wildman–Crippen MR) is 128 cm³/mol. The third-order valence-electron chi connectivity index (χ3n) is 6.54. The van der Waals surface area contributed by atoms with E-state index >= 15 is 0 Å². The molecule has 10 heteroatoms. The molecule has 0 spiro atoms. The Morgan fingerprint density at radius 2 is 2.00 bits per heavy atom. The van der Waals surface area contributed by atoms with E-state index in [0.717, 1.165) is 26.4 Å². The van der Waals surface area contributed by atoms with Gasteiger partial charge < -0.3 is 10.2 Å². The van der Waals surface area contributed by atoms with Crippen molar-refractivity contribution < 1.29 is 0 Å². The van der Waals surface area contributed by atoms with Crippen molar-refractivity contribution in [2.75, 3.05) is 11.9 Å². The molecule has 2 fully saturated rings. The lowest BCUT2D eigenvalue weighted by Crippen LogP contribution is -2.47. The number of nitrogens with zero attached hydrogens (tertiary/aromatic N) is 7.